The van der Waals surface area contributed by atoms with E-state index in [-0.39, 0.29) is 11.8 Å². The predicted octanol–water partition coefficient (Wildman–Crippen LogP) is 1.62. The Morgan fingerprint density at radius 1 is 1.17 bits per heavy atom. The fraction of sp³-hybridized carbons (Fsp3) is 0.556. The van der Waals surface area contributed by atoms with Crippen molar-refractivity contribution in [2.24, 2.45) is 5.92 Å². The van der Waals surface area contributed by atoms with Crippen LogP contribution in [-0.2, 0) is 20.7 Å². The Hall–Kier alpha value is -1.88. The van der Waals surface area contributed by atoms with Crippen molar-refractivity contribution in [3.8, 4) is 0 Å². The second-order valence-corrected chi connectivity index (χ2v) is 6.35. The highest BCUT2D eigenvalue weighted by Crippen LogP contribution is 2.10. The lowest BCUT2D eigenvalue weighted by Gasteiger charge is -2.31. The summed E-state index contributed by atoms with van der Waals surface area (Å²) in [5, 5.41) is 2.92. The van der Waals surface area contributed by atoms with Gasteiger partial charge in [-0.2, -0.15) is 0 Å². The zero-order valence-corrected chi connectivity index (χ0v) is 14.0. The van der Waals surface area contributed by atoms with Crippen molar-refractivity contribution in [1.82, 2.24) is 10.2 Å². The van der Waals surface area contributed by atoms with Gasteiger partial charge in [0.05, 0.1) is 19.6 Å². The van der Waals surface area contributed by atoms with Gasteiger partial charge in [-0.05, 0) is 17.9 Å². The van der Waals surface area contributed by atoms with E-state index in [9.17, 15) is 9.59 Å². The van der Waals surface area contributed by atoms with Gasteiger partial charge in [0, 0.05) is 13.1 Å². The standard InChI is InChI=1S/C18H26N2O3/c1-14(2)12-16(18(22)20-8-10-23-11-9-20)19-17(21)13-15-6-4-3-5-7-15/h3-7,14,16H,8-13H2,1-2H3,(H,19,21)/t16-/m1/s1. The first kappa shape index (κ1) is 17.5. The van der Waals surface area contributed by atoms with Crippen LogP contribution in [0, 0.1) is 5.92 Å². The molecule has 0 radical (unpaired) electrons. The molecule has 0 spiro atoms. The quantitative estimate of drug-likeness (QED) is 0.867. The van der Waals surface area contributed by atoms with Crippen molar-refractivity contribution in [2.45, 2.75) is 32.7 Å². The Morgan fingerprint density at radius 2 is 1.83 bits per heavy atom. The van der Waals surface area contributed by atoms with E-state index in [1.54, 1.807) is 4.90 Å². The second-order valence-electron chi connectivity index (χ2n) is 6.35. The van der Waals surface area contributed by atoms with Gasteiger partial charge in [0.25, 0.3) is 0 Å². The van der Waals surface area contributed by atoms with E-state index < -0.39 is 6.04 Å². The summed E-state index contributed by atoms with van der Waals surface area (Å²) in [5.41, 5.74) is 0.951. The maximum absolute atomic E-state index is 12.7. The van der Waals surface area contributed by atoms with E-state index in [0.717, 1.165) is 5.56 Å². The molecule has 1 atom stereocenters. The first-order valence-corrected chi connectivity index (χ1v) is 8.26. The maximum atomic E-state index is 12.7. The summed E-state index contributed by atoms with van der Waals surface area (Å²) < 4.78 is 5.29. The molecule has 2 rings (SSSR count). The van der Waals surface area contributed by atoms with E-state index in [0.29, 0.717) is 45.1 Å². The average Bonchev–Trinajstić information content (AvgIpc) is 2.55. The van der Waals surface area contributed by atoms with Gasteiger partial charge in [0.1, 0.15) is 6.04 Å². The lowest BCUT2D eigenvalue weighted by atomic mass is 10.0. The first-order chi connectivity index (χ1) is 11.1. The van der Waals surface area contributed by atoms with Crippen molar-refractivity contribution < 1.29 is 14.3 Å². The lowest BCUT2D eigenvalue weighted by molar-refractivity contribution is -0.140. The third kappa shape index (κ3) is 5.67. The van der Waals surface area contributed by atoms with Crippen LogP contribution in [0.4, 0.5) is 0 Å². The lowest BCUT2D eigenvalue weighted by Crippen LogP contribution is -2.52. The number of carbonyl (C=O) groups is 2. The van der Waals surface area contributed by atoms with Gasteiger partial charge in [-0.15, -0.1) is 0 Å². The Balaban J connectivity index is 1.96. The highest BCUT2D eigenvalue weighted by Gasteiger charge is 2.27. The smallest absolute Gasteiger partial charge is 0.245 e. The van der Waals surface area contributed by atoms with Gasteiger partial charge in [-0.3, -0.25) is 9.59 Å². The van der Waals surface area contributed by atoms with Gasteiger partial charge in [-0.25, -0.2) is 0 Å². The highest BCUT2D eigenvalue weighted by atomic mass is 16.5. The van der Waals surface area contributed by atoms with Crippen LogP contribution in [-0.4, -0.2) is 49.1 Å². The molecule has 1 saturated heterocycles. The summed E-state index contributed by atoms with van der Waals surface area (Å²) in [5.74, 6) is 0.230. The fourth-order valence-corrected chi connectivity index (χ4v) is 2.72. The number of hydrogen-bond donors (Lipinski definition) is 1. The Labute approximate surface area is 138 Å². The summed E-state index contributed by atoms with van der Waals surface area (Å²) in [7, 11) is 0. The van der Waals surface area contributed by atoms with Crippen LogP contribution in [0.15, 0.2) is 30.3 Å². The SMILES string of the molecule is CC(C)C[C@@H](NC(=O)Cc1ccccc1)C(=O)N1CCOCC1. The molecule has 0 unspecified atom stereocenters. The zero-order chi connectivity index (χ0) is 16.7. The number of rotatable bonds is 6. The van der Waals surface area contributed by atoms with Crippen LogP contribution in [0.3, 0.4) is 0 Å². The summed E-state index contributed by atoms with van der Waals surface area (Å²) in [6.45, 7) is 6.45. The normalized spacial score (nSPS) is 16.2. The number of morpholine rings is 1. The van der Waals surface area contributed by atoms with Crippen molar-refractivity contribution in [3.63, 3.8) is 0 Å². The van der Waals surface area contributed by atoms with Gasteiger partial charge in [0.15, 0.2) is 0 Å². The van der Waals surface area contributed by atoms with Crippen LogP contribution >= 0.6 is 0 Å². The predicted molar refractivity (Wildman–Crippen MR) is 88.9 cm³/mol. The zero-order valence-electron chi connectivity index (χ0n) is 14.0. The highest BCUT2D eigenvalue weighted by molar-refractivity contribution is 5.88. The molecule has 1 N–H and O–H groups in total. The molecule has 0 saturated carbocycles. The molecule has 126 valence electrons. The van der Waals surface area contributed by atoms with Crippen LogP contribution in [0.25, 0.3) is 0 Å². The minimum absolute atomic E-state index is 0.00316. The topological polar surface area (TPSA) is 58.6 Å². The molecule has 0 bridgehead atoms. The Bertz CT molecular complexity index is 510. The summed E-state index contributed by atoms with van der Waals surface area (Å²) in [6, 6.07) is 9.12. The van der Waals surface area contributed by atoms with Crippen LogP contribution in [0.2, 0.25) is 0 Å². The number of nitrogens with one attached hydrogen (secondary N) is 1. The molecular formula is C18H26N2O3. The largest absolute Gasteiger partial charge is 0.378 e. The van der Waals surface area contributed by atoms with E-state index >= 15 is 0 Å². The second kappa shape index (κ2) is 8.67. The molecule has 1 aliphatic rings. The van der Waals surface area contributed by atoms with Crippen LogP contribution in [0.1, 0.15) is 25.8 Å². The Morgan fingerprint density at radius 3 is 2.43 bits per heavy atom. The first-order valence-electron chi connectivity index (χ1n) is 8.26. The minimum atomic E-state index is -0.454. The van der Waals surface area contributed by atoms with Gasteiger partial charge in [0.2, 0.25) is 11.8 Å². The molecule has 0 aromatic heterocycles. The summed E-state index contributed by atoms with van der Waals surface area (Å²) in [4.78, 5) is 26.8. The van der Waals surface area contributed by atoms with Gasteiger partial charge < -0.3 is 15.0 Å². The van der Waals surface area contributed by atoms with Gasteiger partial charge >= 0.3 is 0 Å². The van der Waals surface area contributed by atoms with E-state index in [1.807, 2.05) is 30.3 Å². The fourth-order valence-electron chi connectivity index (χ4n) is 2.72. The average molecular weight is 318 g/mol. The molecule has 5 nitrogen and oxygen atoms in total. The summed E-state index contributed by atoms with van der Waals surface area (Å²) >= 11 is 0. The number of amides is 2. The van der Waals surface area contributed by atoms with Gasteiger partial charge in [-0.1, -0.05) is 44.2 Å². The molecule has 5 heteroatoms. The molecule has 0 aliphatic carbocycles. The number of nitrogens with zero attached hydrogens (tertiary/aromatic N) is 1. The number of ether oxygens (including phenoxy) is 1. The molecule has 1 aliphatic heterocycles. The molecule has 1 aromatic carbocycles. The maximum Gasteiger partial charge on any atom is 0.245 e. The van der Waals surface area contributed by atoms with E-state index in [2.05, 4.69) is 19.2 Å². The van der Waals surface area contributed by atoms with E-state index in [4.69, 9.17) is 4.74 Å². The minimum Gasteiger partial charge on any atom is -0.378 e. The van der Waals surface area contributed by atoms with Crippen LogP contribution < -0.4 is 5.32 Å². The Kier molecular flexibility index (Phi) is 6.59. The monoisotopic (exact) mass is 318 g/mol. The summed E-state index contributed by atoms with van der Waals surface area (Å²) in [6.07, 6.45) is 0.947. The molecule has 1 heterocycles. The van der Waals surface area contributed by atoms with E-state index in [1.165, 1.54) is 0 Å². The van der Waals surface area contributed by atoms with Crippen LogP contribution in [0.5, 0.6) is 0 Å². The van der Waals surface area contributed by atoms with Crippen molar-refractivity contribution >= 4 is 11.8 Å². The van der Waals surface area contributed by atoms with Crippen molar-refractivity contribution in [3.05, 3.63) is 35.9 Å². The molecule has 1 aromatic rings. The van der Waals surface area contributed by atoms with Crippen molar-refractivity contribution in [2.75, 3.05) is 26.3 Å². The third-order valence-corrected chi connectivity index (χ3v) is 3.87. The molecular weight excluding hydrogens is 292 g/mol. The number of carbonyl (C=O) groups excluding carboxylic acids is 2. The molecule has 2 amide bonds. The third-order valence-electron chi connectivity index (χ3n) is 3.87. The van der Waals surface area contributed by atoms with Crippen molar-refractivity contribution in [1.29, 1.82) is 0 Å². The molecule has 23 heavy (non-hydrogen) atoms. The number of hydrogen-bond acceptors (Lipinski definition) is 3. The molecule has 1 fully saturated rings. The number of benzene rings is 1.